The van der Waals surface area contributed by atoms with Crippen LogP contribution in [0.5, 0.6) is 0 Å². The summed E-state index contributed by atoms with van der Waals surface area (Å²) >= 11 is 0. The molecular formula is C22H20ClNO4. The molecule has 0 atom stereocenters. The van der Waals surface area contributed by atoms with Crippen LogP contribution in [0.15, 0.2) is 54.6 Å². The average molecular weight is 398 g/mol. The molecule has 144 valence electrons. The third-order valence-corrected chi connectivity index (χ3v) is 5.50. The van der Waals surface area contributed by atoms with Crippen LogP contribution < -0.4 is 23.2 Å². The monoisotopic (exact) mass is 397 g/mol. The molecule has 5 rings (SSSR count). The summed E-state index contributed by atoms with van der Waals surface area (Å²) in [5.41, 5.74) is 11.7. The highest BCUT2D eigenvalue weighted by atomic mass is 35.7. The van der Waals surface area contributed by atoms with E-state index in [1.165, 1.54) is 57.6 Å². The van der Waals surface area contributed by atoms with E-state index in [1.54, 1.807) is 0 Å². The van der Waals surface area contributed by atoms with Crippen LogP contribution in [0.2, 0.25) is 0 Å². The Labute approximate surface area is 165 Å². The molecule has 2 aliphatic carbocycles. The van der Waals surface area contributed by atoms with Gasteiger partial charge in [0.2, 0.25) is 11.4 Å². The van der Waals surface area contributed by atoms with Crippen LogP contribution in [0, 0.1) is 10.2 Å². The molecule has 0 spiro atoms. The minimum atomic E-state index is -4.94. The van der Waals surface area contributed by atoms with Gasteiger partial charge in [0, 0.05) is 22.3 Å². The topological polar surface area (TPSA) is 96.1 Å². The Morgan fingerprint density at radius 1 is 0.643 bits per heavy atom. The first-order chi connectivity index (χ1) is 13.3. The van der Waals surface area contributed by atoms with Gasteiger partial charge < -0.3 is 0 Å². The number of aryl methyl sites for hydroxylation is 4. The van der Waals surface area contributed by atoms with E-state index in [0.717, 1.165) is 12.8 Å². The molecule has 2 aromatic carbocycles. The van der Waals surface area contributed by atoms with Gasteiger partial charge in [-0.05, 0) is 55.0 Å². The number of pyridine rings is 1. The standard InChI is InChI=1S/C22H20N.ClHO4/c1-23-21-17(12-10-15-6-2-4-8-19(15)21)14-18-13-11-16-7-3-5-9-20(16)22(18)23;2-1(3,4)5/h2-9,14H,10-13H2,1H3;(H,2,3,4,5)/q+1;/p-1. The van der Waals surface area contributed by atoms with Crippen LogP contribution in [-0.2, 0) is 32.7 Å². The maximum Gasteiger partial charge on any atom is 0.216 e. The number of rotatable bonds is 0. The Balaban J connectivity index is 0.000000346. The smallest absolute Gasteiger partial charge is 0.216 e. The highest BCUT2D eigenvalue weighted by Gasteiger charge is 2.31. The second-order valence-corrected chi connectivity index (χ2v) is 7.90. The zero-order valence-corrected chi connectivity index (χ0v) is 16.2. The van der Waals surface area contributed by atoms with Crippen molar-refractivity contribution in [2.45, 2.75) is 25.7 Å². The molecule has 0 amide bonds. The predicted octanol–water partition coefficient (Wildman–Crippen LogP) is -0.714. The lowest BCUT2D eigenvalue weighted by atomic mass is 9.83. The van der Waals surface area contributed by atoms with Crippen LogP contribution in [0.4, 0.5) is 0 Å². The second-order valence-electron chi connectivity index (χ2n) is 7.14. The summed E-state index contributed by atoms with van der Waals surface area (Å²) < 4.78 is 36.4. The van der Waals surface area contributed by atoms with Gasteiger partial charge in [-0.3, -0.25) is 0 Å². The van der Waals surface area contributed by atoms with Crippen LogP contribution in [-0.4, -0.2) is 0 Å². The molecule has 0 N–H and O–H groups in total. The number of nitrogens with zero attached hydrogens (tertiary/aromatic N) is 1. The molecule has 1 heterocycles. The third kappa shape index (κ3) is 3.68. The van der Waals surface area contributed by atoms with Crippen molar-refractivity contribution in [3.63, 3.8) is 0 Å². The van der Waals surface area contributed by atoms with Gasteiger partial charge in [0.25, 0.3) is 0 Å². The SMILES string of the molecule is C[n+]1c2c(cc3c1-c1ccccc1CC3)CCc1ccccc1-2.[O-][Cl+3]([O-])([O-])[O-]. The van der Waals surface area contributed by atoms with Crippen molar-refractivity contribution in [2.75, 3.05) is 0 Å². The van der Waals surface area contributed by atoms with E-state index in [1.807, 2.05) is 0 Å². The van der Waals surface area contributed by atoms with Crippen molar-refractivity contribution in [2.24, 2.45) is 7.05 Å². The van der Waals surface area contributed by atoms with E-state index in [2.05, 4.69) is 66.2 Å². The molecule has 3 aromatic rings. The maximum atomic E-state index is 8.49. The molecular weight excluding hydrogens is 378 g/mol. The van der Waals surface area contributed by atoms with E-state index in [9.17, 15) is 0 Å². The molecule has 28 heavy (non-hydrogen) atoms. The fourth-order valence-corrected chi connectivity index (χ4v) is 4.46. The van der Waals surface area contributed by atoms with Crippen molar-refractivity contribution >= 4 is 0 Å². The summed E-state index contributed by atoms with van der Waals surface area (Å²) in [4.78, 5) is 0. The Morgan fingerprint density at radius 2 is 1.00 bits per heavy atom. The average Bonchev–Trinajstić information content (AvgIpc) is 2.66. The quantitative estimate of drug-likeness (QED) is 0.468. The normalized spacial score (nSPS) is 14.0. The van der Waals surface area contributed by atoms with E-state index >= 15 is 0 Å². The molecule has 1 aromatic heterocycles. The maximum absolute atomic E-state index is 8.49. The van der Waals surface area contributed by atoms with Crippen LogP contribution in [0.25, 0.3) is 22.5 Å². The first-order valence-electron chi connectivity index (χ1n) is 9.16. The van der Waals surface area contributed by atoms with Crippen molar-refractivity contribution < 1.29 is 33.4 Å². The zero-order chi connectivity index (χ0) is 19.9. The van der Waals surface area contributed by atoms with Crippen molar-refractivity contribution in [3.8, 4) is 22.5 Å². The highest BCUT2D eigenvalue weighted by molar-refractivity contribution is 5.73. The summed E-state index contributed by atoms with van der Waals surface area (Å²) in [6.45, 7) is 0. The summed E-state index contributed by atoms with van der Waals surface area (Å²) in [6, 6.07) is 20.3. The number of benzene rings is 2. The Kier molecular flexibility index (Phi) is 4.95. The minimum Gasteiger partial charge on any atom is -0.222 e. The van der Waals surface area contributed by atoms with Gasteiger partial charge in [0.05, 0.1) is 0 Å². The summed E-state index contributed by atoms with van der Waals surface area (Å²) in [6.07, 6.45) is 4.65. The van der Waals surface area contributed by atoms with Crippen molar-refractivity contribution in [1.82, 2.24) is 0 Å². The van der Waals surface area contributed by atoms with Gasteiger partial charge in [-0.15, -0.1) is 10.2 Å². The van der Waals surface area contributed by atoms with E-state index in [-0.39, 0.29) is 0 Å². The Bertz CT molecular complexity index is 963. The molecule has 0 radical (unpaired) electrons. The van der Waals surface area contributed by atoms with Gasteiger partial charge in [-0.2, -0.15) is 4.57 Å². The first kappa shape index (κ1) is 19.1. The van der Waals surface area contributed by atoms with Crippen LogP contribution in [0.3, 0.4) is 0 Å². The third-order valence-electron chi connectivity index (χ3n) is 5.50. The van der Waals surface area contributed by atoms with Crippen molar-refractivity contribution in [1.29, 1.82) is 0 Å². The Morgan fingerprint density at radius 3 is 1.43 bits per heavy atom. The molecule has 0 saturated carbocycles. The predicted molar refractivity (Wildman–Crippen MR) is 93.3 cm³/mol. The molecule has 0 unspecified atom stereocenters. The number of hydrogen-bond acceptors (Lipinski definition) is 4. The van der Waals surface area contributed by atoms with Gasteiger partial charge in [-0.25, -0.2) is 18.6 Å². The summed E-state index contributed by atoms with van der Waals surface area (Å²) in [5.74, 6) is 0. The van der Waals surface area contributed by atoms with Gasteiger partial charge in [-0.1, -0.05) is 36.4 Å². The molecule has 2 aliphatic rings. The molecule has 0 aliphatic heterocycles. The number of aromatic nitrogens is 1. The molecule has 5 nitrogen and oxygen atoms in total. The van der Waals surface area contributed by atoms with Crippen LogP contribution >= 0.6 is 0 Å². The lowest BCUT2D eigenvalue weighted by Crippen LogP contribution is -2.68. The van der Waals surface area contributed by atoms with Crippen molar-refractivity contribution in [3.05, 3.63) is 76.9 Å². The largest absolute Gasteiger partial charge is 0.222 e. The molecule has 0 fully saturated rings. The number of hydrogen-bond donors (Lipinski definition) is 0. The van der Waals surface area contributed by atoms with Gasteiger partial charge >= 0.3 is 0 Å². The second kappa shape index (κ2) is 7.28. The molecule has 0 saturated heterocycles. The molecule has 6 heteroatoms. The number of halogens is 1. The van der Waals surface area contributed by atoms with Crippen LogP contribution in [0.1, 0.15) is 22.3 Å². The minimum absolute atomic E-state index is 1.16. The first-order valence-corrected chi connectivity index (χ1v) is 10.4. The fraction of sp³-hybridized carbons (Fsp3) is 0.227. The van der Waals surface area contributed by atoms with E-state index in [0.29, 0.717) is 0 Å². The fourth-order valence-electron chi connectivity index (χ4n) is 4.46. The molecule has 0 bridgehead atoms. The summed E-state index contributed by atoms with van der Waals surface area (Å²) in [5, 5.41) is 0. The van der Waals surface area contributed by atoms with Gasteiger partial charge in [0.1, 0.15) is 7.05 Å². The Hall–Kier alpha value is -2.28. The van der Waals surface area contributed by atoms with E-state index < -0.39 is 10.2 Å². The van der Waals surface area contributed by atoms with E-state index in [4.69, 9.17) is 18.6 Å². The summed E-state index contributed by atoms with van der Waals surface area (Å²) in [7, 11) is -2.69. The lowest BCUT2D eigenvalue weighted by molar-refractivity contribution is -2.00. The lowest BCUT2D eigenvalue weighted by Gasteiger charge is -2.23. The number of fused-ring (bicyclic) bond motifs is 6. The van der Waals surface area contributed by atoms with Gasteiger partial charge in [0.15, 0.2) is 0 Å². The highest BCUT2D eigenvalue weighted by Crippen LogP contribution is 2.37. The zero-order valence-electron chi connectivity index (χ0n) is 15.5.